The molecular weight excluding hydrogens is 270 g/mol. The van der Waals surface area contributed by atoms with Gasteiger partial charge in [0.1, 0.15) is 17.2 Å². The Hall–Kier alpha value is -2.49. The molecule has 0 saturated heterocycles. The van der Waals surface area contributed by atoms with Crippen molar-refractivity contribution in [3.8, 4) is 0 Å². The number of hydrogen-bond acceptors (Lipinski definition) is 2. The molecule has 2 nitrogen and oxygen atoms in total. The lowest BCUT2D eigenvalue weighted by molar-refractivity contribution is 0.625. The zero-order valence-corrected chi connectivity index (χ0v) is 11.3. The van der Waals surface area contributed by atoms with Crippen LogP contribution in [0.2, 0.25) is 0 Å². The second-order valence-electron chi connectivity index (χ2n) is 4.80. The van der Waals surface area contributed by atoms with Gasteiger partial charge in [0.25, 0.3) is 0 Å². The highest BCUT2D eigenvalue weighted by Crippen LogP contribution is 2.23. The summed E-state index contributed by atoms with van der Waals surface area (Å²) in [6, 6.07) is 13.2. The van der Waals surface area contributed by atoms with Crippen molar-refractivity contribution in [2.75, 3.05) is 11.9 Å². The van der Waals surface area contributed by atoms with Crippen molar-refractivity contribution in [2.24, 2.45) is 0 Å². The molecule has 0 fully saturated rings. The molecule has 2 aromatic carbocycles. The molecule has 0 aliphatic rings. The van der Waals surface area contributed by atoms with Gasteiger partial charge < -0.3 is 5.32 Å². The average molecular weight is 284 g/mol. The van der Waals surface area contributed by atoms with Crippen molar-refractivity contribution < 1.29 is 8.78 Å². The third kappa shape index (κ3) is 2.99. The number of fused-ring (bicyclic) bond motifs is 1. The van der Waals surface area contributed by atoms with Crippen LogP contribution < -0.4 is 5.32 Å². The molecule has 21 heavy (non-hydrogen) atoms. The molecule has 106 valence electrons. The first kappa shape index (κ1) is 13.5. The first-order valence-electron chi connectivity index (χ1n) is 6.75. The van der Waals surface area contributed by atoms with Crippen molar-refractivity contribution in [1.29, 1.82) is 0 Å². The Morgan fingerprint density at radius 1 is 1.00 bits per heavy atom. The largest absolute Gasteiger partial charge is 0.384 e. The summed E-state index contributed by atoms with van der Waals surface area (Å²) >= 11 is 0. The number of pyridine rings is 1. The highest BCUT2D eigenvalue weighted by molar-refractivity contribution is 5.91. The highest BCUT2D eigenvalue weighted by atomic mass is 19.1. The van der Waals surface area contributed by atoms with Crippen LogP contribution in [0.5, 0.6) is 0 Å². The van der Waals surface area contributed by atoms with Gasteiger partial charge in [-0.2, -0.15) is 0 Å². The fourth-order valence-electron chi connectivity index (χ4n) is 2.33. The summed E-state index contributed by atoms with van der Waals surface area (Å²) in [4.78, 5) is 4.05. The minimum Gasteiger partial charge on any atom is -0.384 e. The summed E-state index contributed by atoms with van der Waals surface area (Å²) < 4.78 is 26.8. The van der Waals surface area contributed by atoms with E-state index in [1.165, 1.54) is 18.2 Å². The maximum atomic E-state index is 13.7. The summed E-state index contributed by atoms with van der Waals surface area (Å²) in [6.45, 7) is 0.638. The predicted molar refractivity (Wildman–Crippen MR) is 80.3 cm³/mol. The Labute approximate surface area is 121 Å². The maximum absolute atomic E-state index is 13.7. The normalized spacial score (nSPS) is 10.8. The number of nitrogens with one attached hydrogen (secondary N) is 1. The molecule has 1 N–H and O–H groups in total. The Bertz CT molecular complexity index is 772. The van der Waals surface area contributed by atoms with Crippen molar-refractivity contribution in [3.63, 3.8) is 0 Å². The Morgan fingerprint density at radius 2 is 1.86 bits per heavy atom. The number of hydrogen-bond donors (Lipinski definition) is 1. The third-order valence-corrected chi connectivity index (χ3v) is 3.34. The molecule has 4 heteroatoms. The minimum absolute atomic E-state index is 0.232. The SMILES string of the molecule is Fc1cccc(CCNc2ccnc3c(F)cccc23)c1. The summed E-state index contributed by atoms with van der Waals surface area (Å²) in [5.41, 5.74) is 2.11. The molecule has 0 spiro atoms. The topological polar surface area (TPSA) is 24.9 Å². The highest BCUT2D eigenvalue weighted by Gasteiger charge is 2.05. The number of rotatable bonds is 4. The van der Waals surface area contributed by atoms with Crippen LogP contribution in [0.15, 0.2) is 54.7 Å². The van der Waals surface area contributed by atoms with E-state index in [2.05, 4.69) is 10.3 Å². The number of para-hydroxylation sites is 1. The summed E-state index contributed by atoms with van der Waals surface area (Å²) in [6.07, 6.45) is 2.27. The lowest BCUT2D eigenvalue weighted by Gasteiger charge is -2.09. The lowest BCUT2D eigenvalue weighted by Crippen LogP contribution is -2.05. The molecule has 0 unspecified atom stereocenters. The molecule has 3 aromatic rings. The molecule has 0 bridgehead atoms. The smallest absolute Gasteiger partial charge is 0.149 e. The summed E-state index contributed by atoms with van der Waals surface area (Å²) in [7, 11) is 0. The standard InChI is InChI=1S/C17H14F2N2/c18-13-4-1-3-12(11-13)7-9-20-16-8-10-21-17-14(16)5-2-6-15(17)19/h1-6,8,10-11H,7,9H2,(H,20,21). The Balaban J connectivity index is 1.75. The number of benzene rings is 2. The molecule has 0 saturated carbocycles. The van der Waals surface area contributed by atoms with Gasteiger partial charge in [-0.15, -0.1) is 0 Å². The summed E-state index contributed by atoms with van der Waals surface area (Å²) in [5.74, 6) is -0.565. The van der Waals surface area contributed by atoms with Crippen LogP contribution in [-0.4, -0.2) is 11.5 Å². The minimum atomic E-state index is -0.332. The van der Waals surface area contributed by atoms with E-state index >= 15 is 0 Å². The van der Waals surface area contributed by atoms with Gasteiger partial charge in [-0.25, -0.2) is 8.78 Å². The maximum Gasteiger partial charge on any atom is 0.149 e. The van der Waals surface area contributed by atoms with E-state index in [-0.39, 0.29) is 11.6 Å². The number of aromatic nitrogens is 1. The van der Waals surface area contributed by atoms with Crippen LogP contribution in [0, 0.1) is 11.6 Å². The van der Waals surface area contributed by atoms with Crippen LogP contribution in [0.3, 0.4) is 0 Å². The first-order chi connectivity index (χ1) is 10.2. The summed E-state index contributed by atoms with van der Waals surface area (Å²) in [5, 5.41) is 4.00. The van der Waals surface area contributed by atoms with E-state index in [4.69, 9.17) is 0 Å². The number of anilines is 1. The third-order valence-electron chi connectivity index (χ3n) is 3.34. The van der Waals surface area contributed by atoms with Crippen molar-refractivity contribution in [3.05, 3.63) is 71.9 Å². The zero-order chi connectivity index (χ0) is 14.7. The molecule has 3 rings (SSSR count). The second-order valence-corrected chi connectivity index (χ2v) is 4.80. The van der Waals surface area contributed by atoms with Gasteiger partial charge in [-0.3, -0.25) is 4.98 Å². The molecule has 0 aliphatic carbocycles. The van der Waals surface area contributed by atoms with Gasteiger partial charge >= 0.3 is 0 Å². The van der Waals surface area contributed by atoms with E-state index < -0.39 is 0 Å². The molecule has 0 atom stereocenters. The molecule has 0 amide bonds. The fraction of sp³-hybridized carbons (Fsp3) is 0.118. The van der Waals surface area contributed by atoms with E-state index in [0.717, 1.165) is 16.6 Å². The van der Waals surface area contributed by atoms with Crippen molar-refractivity contribution >= 4 is 16.6 Å². The van der Waals surface area contributed by atoms with Crippen LogP contribution in [-0.2, 0) is 6.42 Å². The van der Waals surface area contributed by atoms with Crippen LogP contribution in [0.1, 0.15) is 5.56 Å². The fourth-order valence-corrected chi connectivity index (χ4v) is 2.33. The molecule has 1 heterocycles. The Morgan fingerprint density at radius 3 is 2.71 bits per heavy atom. The van der Waals surface area contributed by atoms with Gasteiger partial charge in [-0.1, -0.05) is 24.3 Å². The van der Waals surface area contributed by atoms with Crippen molar-refractivity contribution in [2.45, 2.75) is 6.42 Å². The van der Waals surface area contributed by atoms with Crippen LogP contribution in [0.4, 0.5) is 14.5 Å². The van der Waals surface area contributed by atoms with Crippen LogP contribution in [0.25, 0.3) is 10.9 Å². The van der Waals surface area contributed by atoms with E-state index in [1.807, 2.05) is 18.2 Å². The predicted octanol–water partition coefficient (Wildman–Crippen LogP) is 4.17. The Kier molecular flexibility index (Phi) is 3.77. The zero-order valence-electron chi connectivity index (χ0n) is 11.3. The second kappa shape index (κ2) is 5.87. The van der Waals surface area contributed by atoms with Gasteiger partial charge in [0.2, 0.25) is 0 Å². The number of nitrogens with zero attached hydrogens (tertiary/aromatic N) is 1. The average Bonchev–Trinajstić information content (AvgIpc) is 2.48. The van der Waals surface area contributed by atoms with Gasteiger partial charge in [0.15, 0.2) is 0 Å². The van der Waals surface area contributed by atoms with Gasteiger partial charge in [0.05, 0.1) is 0 Å². The quantitative estimate of drug-likeness (QED) is 0.778. The molecule has 0 radical (unpaired) electrons. The van der Waals surface area contributed by atoms with E-state index in [1.54, 1.807) is 18.3 Å². The van der Waals surface area contributed by atoms with E-state index in [0.29, 0.717) is 18.5 Å². The monoisotopic (exact) mass is 284 g/mol. The molecule has 1 aromatic heterocycles. The molecular formula is C17H14F2N2. The van der Waals surface area contributed by atoms with Gasteiger partial charge in [0, 0.05) is 23.8 Å². The first-order valence-corrected chi connectivity index (χ1v) is 6.75. The van der Waals surface area contributed by atoms with Crippen LogP contribution >= 0.6 is 0 Å². The molecule has 0 aliphatic heterocycles. The van der Waals surface area contributed by atoms with E-state index in [9.17, 15) is 8.78 Å². The van der Waals surface area contributed by atoms with Crippen molar-refractivity contribution in [1.82, 2.24) is 4.98 Å². The van der Waals surface area contributed by atoms with Gasteiger partial charge in [-0.05, 0) is 36.2 Å². The lowest BCUT2D eigenvalue weighted by atomic mass is 10.1. The number of halogens is 2.